The van der Waals surface area contributed by atoms with E-state index in [1.54, 1.807) is 0 Å². The van der Waals surface area contributed by atoms with E-state index >= 15 is 0 Å². The predicted octanol–water partition coefficient (Wildman–Crippen LogP) is -0.829. The highest BCUT2D eigenvalue weighted by atomic mass is 16.6. The molecule has 0 spiro atoms. The molecule has 0 saturated carbocycles. The van der Waals surface area contributed by atoms with Gasteiger partial charge in [0, 0.05) is 4.85 Å². The summed E-state index contributed by atoms with van der Waals surface area (Å²) in [6.45, 7) is 0. The molecule has 0 bridgehead atoms. The van der Waals surface area contributed by atoms with Crippen LogP contribution >= 0.6 is 0 Å². The monoisotopic (exact) mass is 128 g/mol. The maximum Gasteiger partial charge on any atom is 0.223 e. The number of rotatable bonds is 1. The molecule has 0 radical (unpaired) electrons. The first kappa shape index (κ1) is 5.61. The molecule has 1 rings (SSSR count). The van der Waals surface area contributed by atoms with Crippen molar-refractivity contribution in [2.24, 2.45) is 0 Å². The maximum absolute atomic E-state index is 10.3. The van der Waals surface area contributed by atoms with E-state index in [9.17, 15) is 10.0 Å². The fourth-order valence-electron chi connectivity index (χ4n) is 0.471. The van der Waals surface area contributed by atoms with Crippen molar-refractivity contribution >= 4 is 6.29 Å². The zero-order valence-electron chi connectivity index (χ0n) is 4.39. The van der Waals surface area contributed by atoms with Crippen LogP contribution in [0.3, 0.4) is 0 Å². The lowest BCUT2D eigenvalue weighted by Crippen LogP contribution is -2.34. The summed E-state index contributed by atoms with van der Waals surface area (Å²) in [6, 6.07) is 0. The molecule has 0 aliphatic rings. The number of aldehydes is 1. The molecule has 0 saturated heterocycles. The molecular formula is C4H4N2O3. The van der Waals surface area contributed by atoms with Crippen LogP contribution in [0.25, 0.3) is 0 Å². The lowest BCUT2D eigenvalue weighted by Gasteiger charge is -1.88. The topological polar surface area (TPSA) is 69.2 Å². The van der Waals surface area contributed by atoms with E-state index in [1.165, 1.54) is 0 Å². The Morgan fingerprint density at radius 2 is 2.56 bits per heavy atom. The average molecular weight is 128 g/mol. The Kier molecular flexibility index (Phi) is 1.11. The summed E-state index contributed by atoms with van der Waals surface area (Å²) in [5.41, 5.74) is 0.146. The molecule has 0 aliphatic heterocycles. The van der Waals surface area contributed by atoms with Crippen LogP contribution in [-0.2, 0) is 0 Å². The van der Waals surface area contributed by atoms with Crippen molar-refractivity contribution in [3.8, 4) is 0 Å². The molecule has 0 fully saturated rings. The SMILES string of the molecule is O=Cc1cn(O)[n+]([O-])c1. The highest BCUT2D eigenvalue weighted by Gasteiger charge is 2.02. The highest BCUT2D eigenvalue weighted by Crippen LogP contribution is 1.86. The smallest absolute Gasteiger partial charge is 0.223 e. The second-order valence-electron chi connectivity index (χ2n) is 1.50. The van der Waals surface area contributed by atoms with Gasteiger partial charge in [-0.15, -0.1) is 0 Å². The van der Waals surface area contributed by atoms with Crippen molar-refractivity contribution in [3.05, 3.63) is 23.2 Å². The van der Waals surface area contributed by atoms with Gasteiger partial charge in [0.25, 0.3) is 0 Å². The van der Waals surface area contributed by atoms with Crippen molar-refractivity contribution in [1.82, 2.24) is 4.85 Å². The predicted molar refractivity (Wildman–Crippen MR) is 26.0 cm³/mol. The fourth-order valence-corrected chi connectivity index (χ4v) is 0.471. The van der Waals surface area contributed by atoms with Crippen molar-refractivity contribution in [3.63, 3.8) is 0 Å². The number of aromatic nitrogens is 2. The van der Waals surface area contributed by atoms with Crippen LogP contribution in [0, 0.1) is 5.21 Å². The van der Waals surface area contributed by atoms with Crippen LogP contribution in [0.1, 0.15) is 10.4 Å². The molecule has 1 N–H and O–H groups in total. The molecule has 0 unspecified atom stereocenters. The van der Waals surface area contributed by atoms with Crippen LogP contribution in [0.2, 0.25) is 0 Å². The Hall–Kier alpha value is -1.52. The van der Waals surface area contributed by atoms with Gasteiger partial charge < -0.3 is 10.4 Å². The van der Waals surface area contributed by atoms with Crippen LogP contribution < -0.4 is 4.85 Å². The Balaban J connectivity index is 3.11. The first-order valence-electron chi connectivity index (χ1n) is 2.20. The number of carbonyl (C=O) groups is 1. The molecule has 1 aromatic heterocycles. The minimum Gasteiger partial charge on any atom is -0.594 e. The number of hydrogen-bond donors (Lipinski definition) is 1. The number of nitrogens with zero attached hydrogens (tertiary/aromatic N) is 2. The van der Waals surface area contributed by atoms with E-state index in [4.69, 9.17) is 5.21 Å². The third-order valence-corrected chi connectivity index (χ3v) is 0.862. The normalized spacial score (nSPS) is 9.33. The molecule has 48 valence electrons. The molecular weight excluding hydrogens is 124 g/mol. The maximum atomic E-state index is 10.3. The Morgan fingerprint density at radius 3 is 2.78 bits per heavy atom. The summed E-state index contributed by atoms with van der Waals surface area (Å²) in [7, 11) is 0. The second kappa shape index (κ2) is 1.77. The molecule has 1 heterocycles. The van der Waals surface area contributed by atoms with Crippen LogP contribution in [0.4, 0.5) is 0 Å². The zero-order valence-corrected chi connectivity index (χ0v) is 4.39. The lowest BCUT2D eigenvalue weighted by atomic mass is 10.4. The van der Waals surface area contributed by atoms with Gasteiger partial charge in [-0.2, -0.15) is 0 Å². The summed E-state index contributed by atoms with van der Waals surface area (Å²) in [5.74, 6) is 0. The summed E-state index contributed by atoms with van der Waals surface area (Å²) in [6.07, 6.45) is 2.45. The third kappa shape index (κ3) is 0.835. The van der Waals surface area contributed by atoms with Gasteiger partial charge in [-0.3, -0.25) is 4.79 Å². The van der Waals surface area contributed by atoms with Gasteiger partial charge in [0.2, 0.25) is 6.20 Å². The third-order valence-electron chi connectivity index (χ3n) is 0.862. The van der Waals surface area contributed by atoms with Gasteiger partial charge in [0.05, 0.1) is 0 Å². The standard InChI is InChI=1S/C4H4N2O3/c7-3-4-1-5(8)6(9)2-4/h1-3,8H. The summed E-state index contributed by atoms with van der Waals surface area (Å²) in [4.78, 5) is 10.3. The van der Waals surface area contributed by atoms with Gasteiger partial charge in [0.1, 0.15) is 11.8 Å². The largest absolute Gasteiger partial charge is 0.594 e. The molecule has 0 amide bonds. The zero-order chi connectivity index (χ0) is 6.85. The Bertz CT molecular complexity index is 210. The van der Waals surface area contributed by atoms with E-state index in [2.05, 4.69) is 0 Å². The molecule has 9 heavy (non-hydrogen) atoms. The minimum absolute atomic E-state index is 0.143. The number of hydrogen-bond acceptors (Lipinski definition) is 3. The van der Waals surface area contributed by atoms with Gasteiger partial charge >= 0.3 is 0 Å². The lowest BCUT2D eigenvalue weighted by molar-refractivity contribution is -0.725. The summed E-state index contributed by atoms with van der Waals surface area (Å²) in [5, 5.41) is 18.7. The van der Waals surface area contributed by atoms with Crippen molar-refractivity contribution in [1.29, 1.82) is 0 Å². The first-order valence-corrected chi connectivity index (χ1v) is 2.20. The van der Waals surface area contributed by atoms with Crippen molar-refractivity contribution in [2.45, 2.75) is 0 Å². The van der Waals surface area contributed by atoms with E-state index < -0.39 is 0 Å². The van der Waals surface area contributed by atoms with Crippen LogP contribution in [-0.4, -0.2) is 16.3 Å². The molecule has 0 aliphatic carbocycles. The molecule has 5 nitrogen and oxygen atoms in total. The highest BCUT2D eigenvalue weighted by molar-refractivity contribution is 5.72. The van der Waals surface area contributed by atoms with Crippen molar-refractivity contribution < 1.29 is 14.8 Å². The van der Waals surface area contributed by atoms with E-state index in [0.29, 0.717) is 6.29 Å². The molecule has 0 atom stereocenters. The average Bonchev–Trinajstić information content (AvgIpc) is 2.13. The van der Waals surface area contributed by atoms with Crippen LogP contribution in [0.5, 0.6) is 0 Å². The fraction of sp³-hybridized carbons (Fsp3) is 0. The summed E-state index contributed by atoms with van der Waals surface area (Å²) < 4.78 is 0. The number of carbonyl (C=O) groups excluding carboxylic acids is 1. The summed E-state index contributed by atoms with van der Waals surface area (Å²) >= 11 is 0. The van der Waals surface area contributed by atoms with Crippen LogP contribution in [0.15, 0.2) is 12.4 Å². The van der Waals surface area contributed by atoms with Gasteiger partial charge in [-0.1, -0.05) is 0 Å². The first-order chi connectivity index (χ1) is 4.24. The Morgan fingerprint density at radius 1 is 1.89 bits per heavy atom. The van der Waals surface area contributed by atoms with E-state index in [0.717, 1.165) is 12.4 Å². The second-order valence-corrected chi connectivity index (χ2v) is 1.50. The van der Waals surface area contributed by atoms with Gasteiger partial charge in [0.15, 0.2) is 6.29 Å². The van der Waals surface area contributed by atoms with Gasteiger partial charge in [-0.25, -0.2) is 0 Å². The Labute approximate surface area is 50.3 Å². The molecule has 0 aromatic carbocycles. The minimum atomic E-state index is 0.143. The molecule has 5 heteroatoms. The van der Waals surface area contributed by atoms with E-state index in [-0.39, 0.29) is 15.3 Å². The van der Waals surface area contributed by atoms with E-state index in [1.807, 2.05) is 0 Å². The quantitative estimate of drug-likeness (QED) is 0.232. The van der Waals surface area contributed by atoms with Gasteiger partial charge in [-0.05, 0) is 4.85 Å². The van der Waals surface area contributed by atoms with Crippen molar-refractivity contribution in [2.75, 3.05) is 0 Å². The molecule has 1 aromatic rings.